The van der Waals surface area contributed by atoms with Crippen LogP contribution in [-0.4, -0.2) is 37.0 Å². The summed E-state index contributed by atoms with van der Waals surface area (Å²) in [6, 6.07) is 0. The van der Waals surface area contributed by atoms with Crippen LogP contribution in [0.4, 0.5) is 0 Å². The van der Waals surface area contributed by atoms with Crippen molar-refractivity contribution in [2.75, 3.05) is 26.2 Å². The summed E-state index contributed by atoms with van der Waals surface area (Å²) in [5.41, 5.74) is 0.460. The van der Waals surface area contributed by atoms with E-state index >= 15 is 0 Å². The molecule has 3 heteroatoms. The maximum absolute atomic E-state index is 12.7. The lowest BCUT2D eigenvalue weighted by molar-refractivity contribution is -0.136. The molecular weight excluding hydrogens is 248 g/mol. The Morgan fingerprint density at radius 3 is 2.50 bits per heavy atom. The summed E-state index contributed by atoms with van der Waals surface area (Å²) in [5.74, 6) is 1.71. The van der Waals surface area contributed by atoms with E-state index in [-0.39, 0.29) is 0 Å². The zero-order chi connectivity index (χ0) is 14.0. The number of carbonyl (C=O) groups is 1. The van der Waals surface area contributed by atoms with Gasteiger partial charge in [-0.15, -0.1) is 0 Å². The van der Waals surface area contributed by atoms with E-state index in [0.29, 0.717) is 17.2 Å². The minimum Gasteiger partial charge on any atom is -0.342 e. The highest BCUT2D eigenvalue weighted by molar-refractivity contribution is 5.79. The van der Waals surface area contributed by atoms with Crippen molar-refractivity contribution in [1.29, 1.82) is 0 Å². The fourth-order valence-corrected chi connectivity index (χ4v) is 4.56. The van der Waals surface area contributed by atoms with E-state index in [9.17, 15) is 4.79 Å². The zero-order valence-electron chi connectivity index (χ0n) is 13.0. The molecule has 1 aliphatic carbocycles. The van der Waals surface area contributed by atoms with Gasteiger partial charge in [-0.1, -0.05) is 13.3 Å². The third-order valence-electron chi connectivity index (χ3n) is 6.19. The Bertz CT molecular complexity index is 341. The molecule has 0 aromatic heterocycles. The van der Waals surface area contributed by atoms with Gasteiger partial charge in [-0.25, -0.2) is 0 Å². The van der Waals surface area contributed by atoms with Crippen LogP contribution >= 0.6 is 0 Å². The first kappa shape index (κ1) is 14.4. The summed E-state index contributed by atoms with van der Waals surface area (Å²) in [5, 5.41) is 3.45. The van der Waals surface area contributed by atoms with Gasteiger partial charge in [-0.3, -0.25) is 4.79 Å². The number of amides is 1. The van der Waals surface area contributed by atoms with Crippen LogP contribution in [0, 0.1) is 17.3 Å². The molecule has 0 aromatic carbocycles. The van der Waals surface area contributed by atoms with E-state index in [1.165, 1.54) is 38.5 Å². The molecule has 1 N–H and O–H groups in total. The SMILES string of the molecule is CCC1CCC(C(=O)N2CCC3(CCNCC3)C2)CC1. The smallest absolute Gasteiger partial charge is 0.225 e. The highest BCUT2D eigenvalue weighted by atomic mass is 16.2. The van der Waals surface area contributed by atoms with Crippen molar-refractivity contribution >= 4 is 5.91 Å². The minimum atomic E-state index is 0.342. The molecule has 3 nitrogen and oxygen atoms in total. The summed E-state index contributed by atoms with van der Waals surface area (Å²) < 4.78 is 0. The van der Waals surface area contributed by atoms with Crippen molar-refractivity contribution in [3.63, 3.8) is 0 Å². The predicted molar refractivity (Wildman–Crippen MR) is 81.5 cm³/mol. The van der Waals surface area contributed by atoms with Gasteiger partial charge in [-0.05, 0) is 69.4 Å². The quantitative estimate of drug-likeness (QED) is 0.842. The van der Waals surface area contributed by atoms with Crippen LogP contribution in [0.3, 0.4) is 0 Å². The van der Waals surface area contributed by atoms with Crippen LogP contribution in [0.5, 0.6) is 0 Å². The second kappa shape index (κ2) is 6.05. The van der Waals surface area contributed by atoms with E-state index in [1.54, 1.807) is 0 Å². The molecule has 0 unspecified atom stereocenters. The van der Waals surface area contributed by atoms with Crippen molar-refractivity contribution in [2.45, 2.75) is 58.3 Å². The van der Waals surface area contributed by atoms with Gasteiger partial charge < -0.3 is 10.2 Å². The first-order valence-electron chi connectivity index (χ1n) is 8.72. The summed E-state index contributed by atoms with van der Waals surface area (Å²) in [7, 11) is 0. The van der Waals surface area contributed by atoms with Crippen LogP contribution in [0.15, 0.2) is 0 Å². The van der Waals surface area contributed by atoms with Gasteiger partial charge in [-0.2, -0.15) is 0 Å². The van der Waals surface area contributed by atoms with Crippen LogP contribution in [0.1, 0.15) is 58.3 Å². The van der Waals surface area contributed by atoms with Gasteiger partial charge in [0.15, 0.2) is 0 Å². The zero-order valence-corrected chi connectivity index (χ0v) is 13.0. The lowest BCUT2D eigenvalue weighted by Gasteiger charge is -2.35. The van der Waals surface area contributed by atoms with Crippen molar-refractivity contribution < 1.29 is 4.79 Å². The molecule has 114 valence electrons. The van der Waals surface area contributed by atoms with Gasteiger partial charge in [0.05, 0.1) is 0 Å². The Labute approximate surface area is 123 Å². The summed E-state index contributed by atoms with van der Waals surface area (Å²) in [6.07, 6.45) is 9.89. The van der Waals surface area contributed by atoms with Crippen LogP contribution in [-0.2, 0) is 4.79 Å². The molecule has 0 atom stereocenters. The number of carbonyl (C=O) groups excluding carboxylic acids is 1. The summed E-state index contributed by atoms with van der Waals surface area (Å²) >= 11 is 0. The minimum absolute atomic E-state index is 0.342. The number of hydrogen-bond acceptors (Lipinski definition) is 2. The number of rotatable bonds is 2. The van der Waals surface area contributed by atoms with Crippen molar-refractivity contribution in [3.8, 4) is 0 Å². The van der Waals surface area contributed by atoms with Crippen LogP contribution < -0.4 is 5.32 Å². The Morgan fingerprint density at radius 1 is 1.15 bits per heavy atom. The lowest BCUT2D eigenvalue weighted by Crippen LogP contribution is -2.41. The number of likely N-dealkylation sites (tertiary alicyclic amines) is 1. The Hall–Kier alpha value is -0.570. The number of piperidine rings is 1. The highest BCUT2D eigenvalue weighted by Crippen LogP contribution is 2.40. The van der Waals surface area contributed by atoms with E-state index < -0.39 is 0 Å². The number of nitrogens with one attached hydrogen (secondary N) is 1. The molecule has 2 saturated heterocycles. The lowest BCUT2D eigenvalue weighted by atomic mass is 9.78. The molecule has 3 fully saturated rings. The molecule has 1 spiro atoms. The van der Waals surface area contributed by atoms with Gasteiger partial charge >= 0.3 is 0 Å². The average Bonchev–Trinajstić information content (AvgIpc) is 2.91. The van der Waals surface area contributed by atoms with Crippen molar-refractivity contribution in [2.24, 2.45) is 17.3 Å². The Balaban J connectivity index is 1.53. The maximum atomic E-state index is 12.7. The van der Waals surface area contributed by atoms with Gasteiger partial charge in [0.1, 0.15) is 0 Å². The molecule has 0 radical (unpaired) electrons. The van der Waals surface area contributed by atoms with E-state index in [2.05, 4.69) is 17.1 Å². The second-order valence-corrected chi connectivity index (χ2v) is 7.39. The maximum Gasteiger partial charge on any atom is 0.225 e. The monoisotopic (exact) mass is 278 g/mol. The Morgan fingerprint density at radius 2 is 1.85 bits per heavy atom. The molecular formula is C17H30N2O. The number of hydrogen-bond donors (Lipinski definition) is 1. The predicted octanol–water partition coefficient (Wildman–Crippen LogP) is 2.80. The topological polar surface area (TPSA) is 32.3 Å². The second-order valence-electron chi connectivity index (χ2n) is 7.39. The average molecular weight is 278 g/mol. The first-order chi connectivity index (χ1) is 9.72. The number of nitrogens with zero attached hydrogens (tertiary/aromatic N) is 1. The molecule has 1 amide bonds. The largest absolute Gasteiger partial charge is 0.342 e. The van der Waals surface area contributed by atoms with Gasteiger partial charge in [0, 0.05) is 19.0 Å². The van der Waals surface area contributed by atoms with Gasteiger partial charge in [0.2, 0.25) is 5.91 Å². The van der Waals surface area contributed by atoms with Crippen LogP contribution in [0.25, 0.3) is 0 Å². The Kier molecular flexibility index (Phi) is 4.34. The van der Waals surface area contributed by atoms with E-state index in [1.807, 2.05) is 0 Å². The molecule has 2 aliphatic heterocycles. The fourth-order valence-electron chi connectivity index (χ4n) is 4.56. The molecule has 3 aliphatic rings. The van der Waals surface area contributed by atoms with E-state index in [4.69, 9.17) is 0 Å². The third-order valence-corrected chi connectivity index (χ3v) is 6.19. The van der Waals surface area contributed by atoms with Crippen LogP contribution in [0.2, 0.25) is 0 Å². The van der Waals surface area contributed by atoms with Crippen molar-refractivity contribution in [1.82, 2.24) is 10.2 Å². The van der Waals surface area contributed by atoms with Gasteiger partial charge in [0.25, 0.3) is 0 Å². The highest BCUT2D eigenvalue weighted by Gasteiger charge is 2.42. The van der Waals surface area contributed by atoms with E-state index in [0.717, 1.165) is 44.9 Å². The first-order valence-corrected chi connectivity index (χ1v) is 8.72. The molecule has 0 bridgehead atoms. The standard InChI is InChI=1S/C17H30N2O/c1-2-14-3-5-15(6-4-14)16(20)19-12-9-17(13-19)7-10-18-11-8-17/h14-15,18H,2-13H2,1H3. The molecule has 1 saturated carbocycles. The molecule has 2 heterocycles. The van der Waals surface area contributed by atoms with Crippen molar-refractivity contribution in [3.05, 3.63) is 0 Å². The normalized spacial score (nSPS) is 33.5. The third kappa shape index (κ3) is 2.88. The molecule has 20 heavy (non-hydrogen) atoms. The summed E-state index contributed by atoms with van der Waals surface area (Å²) in [4.78, 5) is 14.9. The molecule has 3 rings (SSSR count). The fraction of sp³-hybridized carbons (Fsp3) is 0.941. The summed E-state index contributed by atoms with van der Waals surface area (Å²) in [6.45, 7) is 6.63. The molecule has 0 aromatic rings.